The number of rotatable bonds is 2. The standard InChI is InChI=1S/C11H12F3O/c1-7(2)15-9-6-4-5-8(3)10(9)11(12,13)14/h4-7H,3H2,1-2H3. The van der Waals surface area contributed by atoms with E-state index in [9.17, 15) is 13.2 Å². The topological polar surface area (TPSA) is 9.23 Å². The number of alkyl halides is 3. The first-order valence-corrected chi connectivity index (χ1v) is 4.51. The SMILES string of the molecule is [CH2]c1cccc(OC(C)C)c1C(F)(F)F. The van der Waals surface area contributed by atoms with Crippen LogP contribution in [0.2, 0.25) is 0 Å². The fraction of sp³-hybridized carbons (Fsp3) is 0.364. The third kappa shape index (κ3) is 2.88. The number of benzene rings is 1. The van der Waals surface area contributed by atoms with Gasteiger partial charge in [0.25, 0.3) is 0 Å². The Labute approximate surface area is 86.9 Å². The maximum Gasteiger partial charge on any atom is 0.420 e. The highest BCUT2D eigenvalue weighted by Crippen LogP contribution is 2.38. The summed E-state index contributed by atoms with van der Waals surface area (Å²) in [5.41, 5.74) is -0.862. The summed E-state index contributed by atoms with van der Waals surface area (Å²) in [6, 6.07) is 4.11. The molecule has 1 radical (unpaired) electrons. The van der Waals surface area contributed by atoms with Crippen molar-refractivity contribution in [2.24, 2.45) is 0 Å². The summed E-state index contributed by atoms with van der Waals surface area (Å²) in [5.74, 6) is -0.162. The average molecular weight is 217 g/mol. The first-order valence-electron chi connectivity index (χ1n) is 4.51. The van der Waals surface area contributed by atoms with Crippen molar-refractivity contribution in [2.45, 2.75) is 26.1 Å². The van der Waals surface area contributed by atoms with Crippen LogP contribution in [-0.2, 0) is 6.18 Å². The first-order chi connectivity index (χ1) is 6.82. The minimum Gasteiger partial charge on any atom is -0.490 e. The minimum atomic E-state index is -4.43. The van der Waals surface area contributed by atoms with Gasteiger partial charge in [0.15, 0.2) is 0 Å². The number of hydrogen-bond acceptors (Lipinski definition) is 1. The molecule has 0 N–H and O–H groups in total. The summed E-state index contributed by atoms with van der Waals surface area (Å²) in [7, 11) is 0. The van der Waals surface area contributed by atoms with Gasteiger partial charge in [-0.2, -0.15) is 13.2 Å². The summed E-state index contributed by atoms with van der Waals surface area (Å²) in [6.07, 6.45) is -4.73. The van der Waals surface area contributed by atoms with Gasteiger partial charge in [-0.25, -0.2) is 0 Å². The predicted molar refractivity (Wildman–Crippen MR) is 51.7 cm³/mol. The van der Waals surface area contributed by atoms with Crippen LogP contribution in [0.3, 0.4) is 0 Å². The highest BCUT2D eigenvalue weighted by atomic mass is 19.4. The molecule has 0 amide bonds. The molecule has 4 heteroatoms. The molecule has 0 unspecified atom stereocenters. The van der Waals surface area contributed by atoms with E-state index in [2.05, 4.69) is 6.92 Å². The lowest BCUT2D eigenvalue weighted by atomic mass is 10.1. The molecule has 0 saturated carbocycles. The van der Waals surface area contributed by atoms with Crippen molar-refractivity contribution in [3.8, 4) is 5.75 Å². The van der Waals surface area contributed by atoms with E-state index < -0.39 is 11.7 Å². The van der Waals surface area contributed by atoms with Crippen molar-refractivity contribution in [1.82, 2.24) is 0 Å². The fourth-order valence-electron chi connectivity index (χ4n) is 1.25. The molecule has 0 atom stereocenters. The van der Waals surface area contributed by atoms with Gasteiger partial charge in [0.1, 0.15) is 11.3 Å². The number of ether oxygens (including phenoxy) is 1. The maximum absolute atomic E-state index is 12.6. The van der Waals surface area contributed by atoms with Crippen LogP contribution < -0.4 is 4.74 Å². The molecule has 1 aromatic rings. The molecular weight excluding hydrogens is 205 g/mol. The van der Waals surface area contributed by atoms with E-state index >= 15 is 0 Å². The van der Waals surface area contributed by atoms with E-state index in [1.807, 2.05) is 0 Å². The molecule has 1 aromatic carbocycles. The molecule has 1 nitrogen and oxygen atoms in total. The second-order valence-electron chi connectivity index (χ2n) is 3.45. The van der Waals surface area contributed by atoms with Gasteiger partial charge in [-0.15, -0.1) is 0 Å². The summed E-state index contributed by atoms with van der Waals surface area (Å²) < 4.78 is 43.0. The van der Waals surface area contributed by atoms with Gasteiger partial charge in [-0.05, 0) is 32.4 Å². The Morgan fingerprint density at radius 3 is 2.33 bits per heavy atom. The summed E-state index contributed by atoms with van der Waals surface area (Å²) in [4.78, 5) is 0. The molecule has 15 heavy (non-hydrogen) atoms. The second-order valence-corrected chi connectivity index (χ2v) is 3.45. The highest BCUT2D eigenvalue weighted by molar-refractivity contribution is 5.43. The summed E-state index contributed by atoms with van der Waals surface area (Å²) in [5, 5.41) is 0. The lowest BCUT2D eigenvalue weighted by Crippen LogP contribution is -2.14. The van der Waals surface area contributed by atoms with Crippen molar-refractivity contribution >= 4 is 0 Å². The summed E-state index contributed by atoms with van der Waals surface area (Å²) >= 11 is 0. The molecule has 0 spiro atoms. The van der Waals surface area contributed by atoms with E-state index in [1.165, 1.54) is 18.2 Å². The van der Waals surface area contributed by atoms with Crippen LogP contribution >= 0.6 is 0 Å². The van der Waals surface area contributed by atoms with E-state index in [0.717, 1.165) is 0 Å². The molecule has 83 valence electrons. The molecule has 0 heterocycles. The second kappa shape index (κ2) is 4.13. The van der Waals surface area contributed by atoms with Crippen LogP contribution in [0, 0.1) is 6.92 Å². The Bertz CT molecular complexity index is 342. The molecule has 0 bridgehead atoms. The number of halogens is 3. The monoisotopic (exact) mass is 217 g/mol. The molecule has 0 fully saturated rings. The highest BCUT2D eigenvalue weighted by Gasteiger charge is 2.36. The van der Waals surface area contributed by atoms with Crippen molar-refractivity contribution in [1.29, 1.82) is 0 Å². The van der Waals surface area contributed by atoms with Gasteiger partial charge in [0.2, 0.25) is 0 Å². The van der Waals surface area contributed by atoms with Crippen molar-refractivity contribution < 1.29 is 17.9 Å². The normalized spacial score (nSPS) is 11.9. The van der Waals surface area contributed by atoms with E-state index in [4.69, 9.17) is 4.74 Å². The fourth-order valence-corrected chi connectivity index (χ4v) is 1.25. The van der Waals surface area contributed by atoms with E-state index in [0.29, 0.717) is 0 Å². The van der Waals surface area contributed by atoms with Gasteiger partial charge < -0.3 is 4.74 Å². The lowest BCUT2D eigenvalue weighted by molar-refractivity contribution is -0.139. The van der Waals surface area contributed by atoms with Gasteiger partial charge in [0, 0.05) is 0 Å². The molecular formula is C11H12F3O. The molecule has 0 aromatic heterocycles. The third-order valence-electron chi connectivity index (χ3n) is 1.76. The van der Waals surface area contributed by atoms with Crippen LogP contribution in [0.15, 0.2) is 18.2 Å². The average Bonchev–Trinajstić information content (AvgIpc) is 1.99. The Morgan fingerprint density at radius 2 is 1.87 bits per heavy atom. The van der Waals surface area contributed by atoms with Gasteiger partial charge in [-0.3, -0.25) is 0 Å². The van der Waals surface area contributed by atoms with Crippen LogP contribution in [0.5, 0.6) is 5.75 Å². The molecule has 1 rings (SSSR count). The van der Waals surface area contributed by atoms with Gasteiger partial charge >= 0.3 is 6.18 Å². The Morgan fingerprint density at radius 1 is 1.27 bits per heavy atom. The van der Waals surface area contributed by atoms with Crippen molar-refractivity contribution in [3.05, 3.63) is 36.2 Å². The Kier molecular flexibility index (Phi) is 3.27. The minimum absolute atomic E-state index is 0.0688. The van der Waals surface area contributed by atoms with Crippen LogP contribution in [0.25, 0.3) is 0 Å². The van der Waals surface area contributed by atoms with Crippen LogP contribution in [-0.4, -0.2) is 6.10 Å². The van der Waals surface area contributed by atoms with Crippen LogP contribution in [0.1, 0.15) is 25.0 Å². The number of hydrogen-bond donors (Lipinski definition) is 0. The van der Waals surface area contributed by atoms with Gasteiger partial charge in [0.05, 0.1) is 6.10 Å². The quantitative estimate of drug-likeness (QED) is 0.734. The Hall–Kier alpha value is -1.19. The van der Waals surface area contributed by atoms with Crippen molar-refractivity contribution in [2.75, 3.05) is 0 Å². The largest absolute Gasteiger partial charge is 0.490 e. The zero-order valence-corrected chi connectivity index (χ0v) is 8.56. The zero-order chi connectivity index (χ0) is 11.6. The molecule has 0 saturated heterocycles. The Balaban J connectivity index is 3.21. The van der Waals surface area contributed by atoms with E-state index in [-0.39, 0.29) is 17.4 Å². The van der Waals surface area contributed by atoms with Crippen molar-refractivity contribution in [3.63, 3.8) is 0 Å². The third-order valence-corrected chi connectivity index (χ3v) is 1.76. The maximum atomic E-state index is 12.6. The van der Waals surface area contributed by atoms with Crippen LogP contribution in [0.4, 0.5) is 13.2 Å². The lowest BCUT2D eigenvalue weighted by Gasteiger charge is -2.17. The first kappa shape index (κ1) is 11.9. The molecule has 0 aliphatic carbocycles. The predicted octanol–water partition coefficient (Wildman–Crippen LogP) is 3.67. The van der Waals surface area contributed by atoms with Gasteiger partial charge in [-0.1, -0.05) is 12.1 Å². The smallest absolute Gasteiger partial charge is 0.420 e. The molecule has 0 aliphatic rings. The summed E-state index contributed by atoms with van der Waals surface area (Å²) in [6.45, 7) is 6.71. The van der Waals surface area contributed by atoms with E-state index in [1.54, 1.807) is 13.8 Å². The zero-order valence-electron chi connectivity index (χ0n) is 8.56. The molecule has 0 aliphatic heterocycles.